The lowest BCUT2D eigenvalue weighted by atomic mass is 10.4. The number of thioether (sulfide) groups is 1. The van der Waals surface area contributed by atoms with E-state index < -0.39 is 10.0 Å². The predicted molar refractivity (Wildman–Crippen MR) is 92.0 cm³/mol. The van der Waals surface area contributed by atoms with E-state index in [0.29, 0.717) is 17.5 Å². The van der Waals surface area contributed by atoms with Gasteiger partial charge in [0.1, 0.15) is 0 Å². The largest absolute Gasteiger partial charge is 0.370 e. The third kappa shape index (κ3) is 5.05. The molecule has 1 fully saturated rings. The molecular weight excluding hydrogens is 344 g/mol. The molecule has 2 rings (SSSR count). The Balaban J connectivity index is 1.85. The lowest BCUT2D eigenvalue weighted by Crippen LogP contribution is -2.43. The number of halogens is 1. The number of rotatable bonds is 5. The molecule has 0 aliphatic carbocycles. The summed E-state index contributed by atoms with van der Waals surface area (Å²) in [6.45, 7) is 2.26. The van der Waals surface area contributed by atoms with Gasteiger partial charge in [0.25, 0.3) is 0 Å². The molecule has 0 amide bonds. The van der Waals surface area contributed by atoms with Crippen molar-refractivity contribution < 1.29 is 8.42 Å². The van der Waals surface area contributed by atoms with Crippen LogP contribution in [0.5, 0.6) is 0 Å². The lowest BCUT2D eigenvalue weighted by Gasteiger charge is -2.27. The second-order valence-electron chi connectivity index (χ2n) is 4.69. The number of nitrogens with zero attached hydrogens (tertiary/aromatic N) is 2. The number of aliphatic imine (C=N–C) groups is 1. The molecule has 9 heteroatoms. The molecule has 1 aliphatic heterocycles. The van der Waals surface area contributed by atoms with Gasteiger partial charge in [-0.2, -0.15) is 11.8 Å². The Bertz CT molecular complexity index is 631. The Morgan fingerprint density at radius 1 is 1.41 bits per heavy atom. The summed E-state index contributed by atoms with van der Waals surface area (Å²) < 4.78 is 26.6. The SMILES string of the molecule is NC(=NCCNS(=O)(=O)c1cccc(Cl)c1)N1CCSCC1. The highest BCUT2D eigenvalue weighted by molar-refractivity contribution is 7.99. The van der Waals surface area contributed by atoms with Gasteiger partial charge in [0, 0.05) is 36.2 Å². The molecular formula is C13H19ClN4O2S2. The van der Waals surface area contributed by atoms with Gasteiger partial charge in [0.15, 0.2) is 5.96 Å². The fourth-order valence-electron chi connectivity index (χ4n) is 1.96. The maximum absolute atomic E-state index is 12.1. The van der Waals surface area contributed by atoms with Crippen LogP contribution in [0, 0.1) is 0 Å². The molecule has 1 aromatic carbocycles. The minimum Gasteiger partial charge on any atom is -0.370 e. The molecule has 0 radical (unpaired) electrons. The molecule has 1 aromatic rings. The van der Waals surface area contributed by atoms with E-state index in [0.717, 1.165) is 24.6 Å². The first-order valence-corrected chi connectivity index (χ1v) is 9.88. The Labute approximate surface area is 140 Å². The van der Waals surface area contributed by atoms with Gasteiger partial charge in [-0.1, -0.05) is 17.7 Å². The topological polar surface area (TPSA) is 87.8 Å². The van der Waals surface area contributed by atoms with Crippen LogP contribution in [0.3, 0.4) is 0 Å². The fourth-order valence-corrected chi connectivity index (χ4v) is 4.18. The first kappa shape index (κ1) is 17.4. The van der Waals surface area contributed by atoms with Crippen LogP contribution >= 0.6 is 23.4 Å². The Morgan fingerprint density at radius 3 is 2.82 bits per heavy atom. The van der Waals surface area contributed by atoms with Crippen LogP contribution in [0.2, 0.25) is 5.02 Å². The molecule has 0 unspecified atom stereocenters. The van der Waals surface area contributed by atoms with Crippen molar-refractivity contribution in [2.24, 2.45) is 10.7 Å². The van der Waals surface area contributed by atoms with Gasteiger partial charge in [0.05, 0.1) is 11.4 Å². The number of hydrogen-bond acceptors (Lipinski definition) is 4. The molecule has 3 N–H and O–H groups in total. The average Bonchev–Trinajstić information content (AvgIpc) is 2.52. The summed E-state index contributed by atoms with van der Waals surface area (Å²) in [6.07, 6.45) is 0. The Kier molecular flexibility index (Phi) is 6.37. The van der Waals surface area contributed by atoms with E-state index in [4.69, 9.17) is 17.3 Å². The number of nitrogens with two attached hydrogens (primary N) is 1. The van der Waals surface area contributed by atoms with Crippen molar-refractivity contribution in [1.82, 2.24) is 9.62 Å². The van der Waals surface area contributed by atoms with Crippen LogP contribution < -0.4 is 10.5 Å². The minimum atomic E-state index is -3.57. The second-order valence-corrected chi connectivity index (χ2v) is 8.12. The smallest absolute Gasteiger partial charge is 0.240 e. The van der Waals surface area contributed by atoms with Crippen molar-refractivity contribution in [2.45, 2.75) is 4.90 Å². The molecule has 1 aliphatic rings. The highest BCUT2D eigenvalue weighted by atomic mass is 35.5. The molecule has 22 heavy (non-hydrogen) atoms. The maximum atomic E-state index is 12.1. The monoisotopic (exact) mass is 362 g/mol. The maximum Gasteiger partial charge on any atom is 0.240 e. The van der Waals surface area contributed by atoms with Gasteiger partial charge >= 0.3 is 0 Å². The fraction of sp³-hybridized carbons (Fsp3) is 0.462. The van der Waals surface area contributed by atoms with E-state index >= 15 is 0 Å². The van der Waals surface area contributed by atoms with Crippen molar-refractivity contribution in [3.63, 3.8) is 0 Å². The number of benzene rings is 1. The summed E-state index contributed by atoms with van der Waals surface area (Å²) in [7, 11) is -3.57. The zero-order valence-electron chi connectivity index (χ0n) is 12.0. The molecule has 0 bridgehead atoms. The first-order chi connectivity index (χ1) is 10.5. The molecule has 0 spiro atoms. The van der Waals surface area contributed by atoms with Crippen molar-refractivity contribution in [2.75, 3.05) is 37.7 Å². The third-order valence-electron chi connectivity index (χ3n) is 3.12. The summed E-state index contributed by atoms with van der Waals surface area (Å²) in [5, 5.41) is 0.383. The Hall–Kier alpha value is -0.960. The van der Waals surface area contributed by atoms with Crippen LogP contribution in [0.25, 0.3) is 0 Å². The minimum absolute atomic E-state index is 0.144. The second kappa shape index (κ2) is 8.05. The van der Waals surface area contributed by atoms with Gasteiger partial charge in [0.2, 0.25) is 10.0 Å². The van der Waals surface area contributed by atoms with Gasteiger partial charge in [-0.25, -0.2) is 13.1 Å². The van der Waals surface area contributed by atoms with E-state index in [1.54, 1.807) is 12.1 Å². The highest BCUT2D eigenvalue weighted by Gasteiger charge is 2.14. The molecule has 0 saturated carbocycles. The quantitative estimate of drug-likeness (QED) is 0.463. The summed E-state index contributed by atoms with van der Waals surface area (Å²) >= 11 is 7.69. The molecule has 0 atom stereocenters. The summed E-state index contributed by atoms with van der Waals surface area (Å²) in [5.41, 5.74) is 5.90. The van der Waals surface area contributed by atoms with E-state index in [1.807, 2.05) is 16.7 Å². The van der Waals surface area contributed by atoms with E-state index in [1.165, 1.54) is 12.1 Å². The highest BCUT2D eigenvalue weighted by Crippen LogP contribution is 2.14. The number of hydrogen-bond donors (Lipinski definition) is 2. The molecule has 6 nitrogen and oxygen atoms in total. The average molecular weight is 363 g/mol. The van der Waals surface area contributed by atoms with Gasteiger partial charge < -0.3 is 10.6 Å². The normalized spacial score (nSPS) is 16.8. The molecule has 1 heterocycles. The zero-order chi connectivity index (χ0) is 16.0. The van der Waals surface area contributed by atoms with Crippen LogP contribution in [0.15, 0.2) is 34.2 Å². The van der Waals surface area contributed by atoms with Crippen molar-refractivity contribution in [1.29, 1.82) is 0 Å². The predicted octanol–water partition coefficient (Wildman–Crippen LogP) is 0.982. The first-order valence-electron chi connectivity index (χ1n) is 6.87. The summed E-state index contributed by atoms with van der Waals surface area (Å²) in [4.78, 5) is 6.38. The molecule has 122 valence electrons. The third-order valence-corrected chi connectivity index (χ3v) is 5.76. The Morgan fingerprint density at radius 2 is 2.14 bits per heavy atom. The molecule has 1 saturated heterocycles. The van der Waals surface area contributed by atoms with E-state index in [9.17, 15) is 8.42 Å². The van der Waals surface area contributed by atoms with Gasteiger partial charge in [-0.05, 0) is 18.2 Å². The number of sulfonamides is 1. The summed E-state index contributed by atoms with van der Waals surface area (Å²) in [6, 6.07) is 6.13. The van der Waals surface area contributed by atoms with Crippen LogP contribution in [0.4, 0.5) is 0 Å². The lowest BCUT2D eigenvalue weighted by molar-refractivity contribution is 0.456. The van der Waals surface area contributed by atoms with Crippen LogP contribution in [-0.2, 0) is 10.0 Å². The molecule has 0 aromatic heterocycles. The number of nitrogens with one attached hydrogen (secondary N) is 1. The van der Waals surface area contributed by atoms with Crippen molar-refractivity contribution in [3.05, 3.63) is 29.3 Å². The van der Waals surface area contributed by atoms with Crippen molar-refractivity contribution >= 4 is 39.3 Å². The van der Waals surface area contributed by atoms with Gasteiger partial charge in [-0.3, -0.25) is 4.99 Å². The summed E-state index contributed by atoms with van der Waals surface area (Å²) in [5.74, 6) is 2.55. The standard InChI is InChI=1S/C13H19ClN4O2S2/c14-11-2-1-3-12(10-11)22(19,20)17-5-4-16-13(15)18-6-8-21-9-7-18/h1-3,10,17H,4-9H2,(H2,15,16). The van der Waals surface area contributed by atoms with E-state index in [2.05, 4.69) is 9.71 Å². The van der Waals surface area contributed by atoms with Gasteiger partial charge in [-0.15, -0.1) is 0 Å². The van der Waals surface area contributed by atoms with Crippen LogP contribution in [-0.4, -0.2) is 57.0 Å². The number of guanidine groups is 1. The zero-order valence-corrected chi connectivity index (χ0v) is 14.4. The van der Waals surface area contributed by atoms with Crippen LogP contribution in [0.1, 0.15) is 0 Å². The van der Waals surface area contributed by atoms with E-state index in [-0.39, 0.29) is 11.4 Å². The van der Waals surface area contributed by atoms with Crippen molar-refractivity contribution in [3.8, 4) is 0 Å².